The van der Waals surface area contributed by atoms with Gasteiger partial charge in [0.25, 0.3) is 0 Å². The predicted molar refractivity (Wildman–Crippen MR) is 128 cm³/mol. The van der Waals surface area contributed by atoms with Crippen LogP contribution in [0.3, 0.4) is 0 Å². The van der Waals surface area contributed by atoms with E-state index >= 15 is 0 Å². The standard InChI is InChI=1S/C28H17N5O/c34-25-19-10-14-29-16-21(19)28(22-17-30-15-11-20(22)25)26-23(8-4-12-31-26)33(18-6-2-1-3-7-18)24-9-5-13-32-27(24)28/h1-17H. The SMILES string of the molecule is O=C1c2ccncc2C2(c3cnccc31)c1ncccc1N(c1ccccc1)c1cccnc12. The minimum atomic E-state index is -0.931. The van der Waals surface area contributed by atoms with Crippen molar-refractivity contribution in [1.82, 2.24) is 19.9 Å². The molecule has 1 spiro atoms. The number of aromatic nitrogens is 4. The molecule has 6 nitrogen and oxygen atoms in total. The molecule has 0 saturated heterocycles. The topological polar surface area (TPSA) is 71.9 Å². The Balaban J connectivity index is 1.69. The lowest BCUT2D eigenvalue weighted by molar-refractivity contribution is 0.103. The first kappa shape index (κ1) is 18.8. The molecule has 0 fully saturated rings. The van der Waals surface area contributed by atoms with Crippen LogP contribution in [0.25, 0.3) is 0 Å². The highest BCUT2D eigenvalue weighted by molar-refractivity contribution is 6.14. The summed E-state index contributed by atoms with van der Waals surface area (Å²) in [6, 6.07) is 21.8. The van der Waals surface area contributed by atoms with Crippen molar-refractivity contribution in [2.45, 2.75) is 5.41 Å². The van der Waals surface area contributed by atoms with Crippen LogP contribution in [0.5, 0.6) is 0 Å². The van der Waals surface area contributed by atoms with E-state index < -0.39 is 5.41 Å². The smallest absolute Gasteiger partial charge is 0.193 e. The van der Waals surface area contributed by atoms with Gasteiger partial charge in [0.2, 0.25) is 0 Å². The molecule has 7 rings (SSSR count). The predicted octanol–water partition coefficient (Wildman–Crippen LogP) is 4.98. The van der Waals surface area contributed by atoms with Crippen molar-refractivity contribution in [3.8, 4) is 0 Å². The average molecular weight is 439 g/mol. The van der Waals surface area contributed by atoms with Crippen LogP contribution in [0.1, 0.15) is 38.4 Å². The highest BCUT2D eigenvalue weighted by atomic mass is 16.1. The van der Waals surface area contributed by atoms with Crippen molar-refractivity contribution in [2.75, 3.05) is 4.90 Å². The lowest BCUT2D eigenvalue weighted by Crippen LogP contribution is -2.44. The number of carbonyl (C=O) groups is 1. The van der Waals surface area contributed by atoms with E-state index in [9.17, 15) is 4.79 Å². The summed E-state index contributed by atoms with van der Waals surface area (Å²) in [4.78, 5) is 34.5. The van der Waals surface area contributed by atoms with E-state index in [2.05, 4.69) is 39.1 Å². The van der Waals surface area contributed by atoms with Gasteiger partial charge in [-0.2, -0.15) is 0 Å². The van der Waals surface area contributed by atoms with E-state index in [0.717, 1.165) is 39.6 Å². The number of fused-ring (bicyclic) bond motifs is 8. The summed E-state index contributed by atoms with van der Waals surface area (Å²) in [5, 5.41) is 0. The normalized spacial score (nSPS) is 14.7. The maximum Gasteiger partial charge on any atom is 0.193 e. The van der Waals surface area contributed by atoms with E-state index in [1.54, 1.807) is 49.3 Å². The molecule has 4 aromatic heterocycles. The van der Waals surface area contributed by atoms with Gasteiger partial charge in [-0.1, -0.05) is 18.2 Å². The van der Waals surface area contributed by atoms with Gasteiger partial charge < -0.3 is 4.90 Å². The average Bonchev–Trinajstić information content (AvgIpc) is 2.91. The van der Waals surface area contributed by atoms with Crippen molar-refractivity contribution in [3.05, 3.63) is 138 Å². The first-order chi connectivity index (χ1) is 16.8. The fraction of sp³-hybridized carbons (Fsp3) is 0.0357. The quantitative estimate of drug-likeness (QED) is 0.359. The minimum absolute atomic E-state index is 0.0409. The molecule has 0 amide bonds. The molecule has 34 heavy (non-hydrogen) atoms. The molecule has 0 saturated carbocycles. The number of hydrogen-bond donors (Lipinski definition) is 0. The Bertz CT molecular complexity index is 1500. The zero-order valence-corrected chi connectivity index (χ0v) is 18.0. The van der Waals surface area contributed by atoms with Crippen LogP contribution in [-0.2, 0) is 5.41 Å². The first-order valence-corrected chi connectivity index (χ1v) is 11.0. The zero-order valence-electron chi connectivity index (χ0n) is 18.0. The third kappa shape index (κ3) is 2.26. The molecule has 5 heterocycles. The van der Waals surface area contributed by atoms with Gasteiger partial charge in [-0.3, -0.25) is 24.7 Å². The molecule has 1 aromatic carbocycles. The molecule has 6 heteroatoms. The van der Waals surface area contributed by atoms with E-state index in [0.29, 0.717) is 11.1 Å². The molecule has 0 radical (unpaired) electrons. The number of benzene rings is 1. The molecule has 5 aromatic rings. The minimum Gasteiger partial charge on any atom is -0.307 e. The van der Waals surface area contributed by atoms with E-state index in [-0.39, 0.29) is 5.78 Å². The second-order valence-electron chi connectivity index (χ2n) is 8.33. The summed E-state index contributed by atoms with van der Waals surface area (Å²) < 4.78 is 0. The van der Waals surface area contributed by atoms with Crippen LogP contribution in [0.4, 0.5) is 17.1 Å². The summed E-state index contributed by atoms with van der Waals surface area (Å²) in [7, 11) is 0. The zero-order chi connectivity index (χ0) is 22.7. The fourth-order valence-corrected chi connectivity index (χ4v) is 5.41. The van der Waals surface area contributed by atoms with Gasteiger partial charge in [0.15, 0.2) is 5.78 Å². The van der Waals surface area contributed by atoms with Crippen LogP contribution >= 0.6 is 0 Å². The number of rotatable bonds is 1. The maximum absolute atomic E-state index is 13.5. The number of ketones is 1. The fourth-order valence-electron chi connectivity index (χ4n) is 5.41. The summed E-state index contributed by atoms with van der Waals surface area (Å²) in [5.41, 5.74) is 6.26. The molecule has 0 unspecified atom stereocenters. The summed E-state index contributed by atoms with van der Waals surface area (Å²) in [6.07, 6.45) is 10.5. The molecule has 0 N–H and O–H groups in total. The monoisotopic (exact) mass is 439 g/mol. The Morgan fingerprint density at radius 2 is 1.18 bits per heavy atom. The van der Waals surface area contributed by atoms with Crippen LogP contribution in [-0.4, -0.2) is 25.7 Å². The number of nitrogens with zero attached hydrogens (tertiary/aromatic N) is 5. The summed E-state index contributed by atoms with van der Waals surface area (Å²) in [5.74, 6) is -0.0409. The van der Waals surface area contributed by atoms with Crippen molar-refractivity contribution >= 4 is 22.8 Å². The van der Waals surface area contributed by atoms with Gasteiger partial charge in [0.05, 0.1) is 22.8 Å². The third-order valence-electron chi connectivity index (χ3n) is 6.72. The van der Waals surface area contributed by atoms with E-state index in [1.165, 1.54) is 0 Å². The van der Waals surface area contributed by atoms with Gasteiger partial charge >= 0.3 is 0 Å². The van der Waals surface area contributed by atoms with Crippen molar-refractivity contribution in [3.63, 3.8) is 0 Å². The van der Waals surface area contributed by atoms with Crippen molar-refractivity contribution in [1.29, 1.82) is 0 Å². The molecule has 2 aliphatic rings. The Kier molecular flexibility index (Phi) is 3.82. The van der Waals surface area contributed by atoms with Crippen LogP contribution < -0.4 is 4.90 Å². The number of pyridine rings is 4. The number of carbonyl (C=O) groups excluding carboxylic acids is 1. The van der Waals surface area contributed by atoms with Gasteiger partial charge in [-0.15, -0.1) is 0 Å². The molecule has 0 bridgehead atoms. The number of hydrogen-bond acceptors (Lipinski definition) is 6. The van der Waals surface area contributed by atoms with E-state index in [1.807, 2.05) is 30.3 Å². The van der Waals surface area contributed by atoms with Crippen molar-refractivity contribution in [2.24, 2.45) is 0 Å². The molecule has 1 aliphatic carbocycles. The van der Waals surface area contributed by atoms with Crippen molar-refractivity contribution < 1.29 is 4.79 Å². The maximum atomic E-state index is 13.5. The Hall–Kier alpha value is -4.71. The van der Waals surface area contributed by atoms with Gasteiger partial charge in [-0.05, 0) is 48.5 Å². The molecule has 0 atom stereocenters. The third-order valence-corrected chi connectivity index (χ3v) is 6.72. The second-order valence-corrected chi connectivity index (χ2v) is 8.33. The molecular formula is C28H17N5O. The lowest BCUT2D eigenvalue weighted by atomic mass is 9.61. The summed E-state index contributed by atoms with van der Waals surface area (Å²) in [6.45, 7) is 0. The highest BCUT2D eigenvalue weighted by Crippen LogP contribution is 2.58. The largest absolute Gasteiger partial charge is 0.307 e. The number of anilines is 3. The molecule has 1 aliphatic heterocycles. The molecular weight excluding hydrogens is 422 g/mol. The van der Waals surface area contributed by atoms with Crippen LogP contribution in [0.2, 0.25) is 0 Å². The summed E-state index contributed by atoms with van der Waals surface area (Å²) >= 11 is 0. The van der Waals surface area contributed by atoms with Crippen LogP contribution in [0, 0.1) is 0 Å². The Labute approximate surface area is 195 Å². The van der Waals surface area contributed by atoms with E-state index in [4.69, 9.17) is 9.97 Å². The first-order valence-electron chi connectivity index (χ1n) is 11.0. The van der Waals surface area contributed by atoms with Gasteiger partial charge in [-0.25, -0.2) is 0 Å². The highest BCUT2D eigenvalue weighted by Gasteiger charge is 2.54. The van der Waals surface area contributed by atoms with Crippen LogP contribution in [0.15, 0.2) is 104 Å². The van der Waals surface area contributed by atoms with Gasteiger partial charge in [0.1, 0.15) is 5.41 Å². The lowest BCUT2D eigenvalue weighted by Gasteiger charge is -2.46. The van der Waals surface area contributed by atoms with Gasteiger partial charge in [0, 0.05) is 65.1 Å². The Morgan fingerprint density at radius 1 is 0.618 bits per heavy atom. The number of para-hydroxylation sites is 1. The molecule has 160 valence electrons. The Morgan fingerprint density at radius 3 is 1.74 bits per heavy atom. The second kappa shape index (κ2) is 6.89.